The molecule has 0 heterocycles. The number of hydrogen-bond donors (Lipinski definition) is 3. The molecule has 3 N–H and O–H groups in total. The molecule has 4 nitrogen and oxygen atoms in total. The first-order valence-corrected chi connectivity index (χ1v) is 15.5. The fourth-order valence-electron chi connectivity index (χ4n) is 10.3. The predicted molar refractivity (Wildman–Crippen MR) is 151 cm³/mol. The van der Waals surface area contributed by atoms with Crippen molar-refractivity contribution in [2.75, 3.05) is 6.61 Å². The van der Waals surface area contributed by atoms with Crippen LogP contribution in [0.3, 0.4) is 0 Å². The quantitative estimate of drug-likeness (QED) is 0.333. The Kier molecular flexibility index (Phi) is 7.62. The second-order valence-corrected chi connectivity index (χ2v) is 16.9. The predicted octanol–water partition coefficient (Wildman–Crippen LogP) is 6.70. The van der Waals surface area contributed by atoms with Gasteiger partial charge in [-0.05, 0) is 159 Å². The molecular formula is C33H60O4. The van der Waals surface area contributed by atoms with Gasteiger partial charge < -0.3 is 20.1 Å². The number of hydrogen-bond acceptors (Lipinski definition) is 4. The van der Waals surface area contributed by atoms with Crippen molar-refractivity contribution >= 4 is 0 Å². The van der Waals surface area contributed by atoms with Crippen LogP contribution in [0.4, 0.5) is 0 Å². The number of fused-ring (bicyclic) bond motifs is 2. The van der Waals surface area contributed by atoms with Crippen molar-refractivity contribution in [3.63, 3.8) is 0 Å². The van der Waals surface area contributed by atoms with Crippen LogP contribution >= 0.6 is 0 Å². The largest absolute Gasteiger partial charge is 0.390 e. The average molecular weight is 521 g/mol. The van der Waals surface area contributed by atoms with E-state index in [0.717, 1.165) is 38.7 Å². The van der Waals surface area contributed by atoms with Gasteiger partial charge in [-0.25, -0.2) is 0 Å². The molecule has 0 aromatic heterocycles. The van der Waals surface area contributed by atoms with Gasteiger partial charge in [-0.2, -0.15) is 0 Å². The van der Waals surface area contributed by atoms with Crippen LogP contribution in [0.15, 0.2) is 0 Å². The molecule has 216 valence electrons. The number of rotatable bonds is 8. The van der Waals surface area contributed by atoms with Gasteiger partial charge in [0, 0.05) is 0 Å². The molecule has 5 fully saturated rings. The topological polar surface area (TPSA) is 69.9 Å². The van der Waals surface area contributed by atoms with E-state index in [4.69, 9.17) is 4.74 Å². The van der Waals surface area contributed by atoms with E-state index in [1.165, 1.54) is 6.42 Å². The lowest BCUT2D eigenvalue weighted by atomic mass is 9.51. The molecule has 0 aromatic rings. The summed E-state index contributed by atoms with van der Waals surface area (Å²) in [6.45, 7) is 24.4. The van der Waals surface area contributed by atoms with Crippen LogP contribution in [0.25, 0.3) is 0 Å². The Hall–Kier alpha value is -0.160. The number of ether oxygens (including phenoxy) is 1. The molecule has 5 rings (SSSR count). The Morgan fingerprint density at radius 1 is 0.595 bits per heavy atom. The normalized spacial score (nSPS) is 41.4. The van der Waals surface area contributed by atoms with E-state index in [0.29, 0.717) is 53.3 Å². The van der Waals surface area contributed by atoms with Gasteiger partial charge in [-0.3, -0.25) is 0 Å². The molecule has 0 amide bonds. The van der Waals surface area contributed by atoms with Crippen molar-refractivity contribution in [1.82, 2.24) is 0 Å². The molecule has 0 aliphatic heterocycles. The first-order valence-electron chi connectivity index (χ1n) is 15.5. The van der Waals surface area contributed by atoms with Crippen LogP contribution in [0.5, 0.6) is 0 Å². The van der Waals surface area contributed by atoms with E-state index in [1.54, 1.807) is 0 Å². The second-order valence-electron chi connectivity index (χ2n) is 16.9. The van der Waals surface area contributed by atoms with Crippen molar-refractivity contribution in [2.24, 2.45) is 64.6 Å². The Balaban J connectivity index is 1.50. The maximum absolute atomic E-state index is 11.1. The summed E-state index contributed by atoms with van der Waals surface area (Å²) in [7, 11) is 0. The zero-order chi connectivity index (χ0) is 27.9. The fourth-order valence-corrected chi connectivity index (χ4v) is 10.3. The molecule has 2 bridgehead atoms. The summed E-state index contributed by atoms with van der Waals surface area (Å²) in [5.74, 6) is 4.79. The van der Waals surface area contributed by atoms with Crippen molar-refractivity contribution in [3.05, 3.63) is 0 Å². The Bertz CT molecular complexity index is 810. The van der Waals surface area contributed by atoms with Crippen LogP contribution in [-0.2, 0) is 4.74 Å². The molecular weight excluding hydrogens is 460 g/mol. The van der Waals surface area contributed by atoms with Gasteiger partial charge in [0.1, 0.15) is 0 Å². The van der Waals surface area contributed by atoms with Crippen molar-refractivity contribution < 1.29 is 20.1 Å². The molecule has 4 heteroatoms. The summed E-state index contributed by atoms with van der Waals surface area (Å²) in [5.41, 5.74) is -2.27. The van der Waals surface area contributed by atoms with E-state index < -0.39 is 16.8 Å². The molecule has 10 unspecified atom stereocenters. The molecule has 37 heavy (non-hydrogen) atoms. The highest BCUT2D eigenvalue weighted by Gasteiger charge is 2.65. The maximum Gasteiger partial charge on any atom is 0.0661 e. The third-order valence-corrected chi connectivity index (χ3v) is 12.3. The SMILES string of the molecule is CC1C2CC1C(C(C)(C)OCC(C)(C)C1CCC(C(C)(C)O)C3CC(C(C)(C)O)CCC31)C2C(C)(C)O. The van der Waals surface area contributed by atoms with Gasteiger partial charge in [-0.15, -0.1) is 0 Å². The minimum atomic E-state index is -0.690. The zero-order valence-electron chi connectivity index (χ0n) is 26.0. The van der Waals surface area contributed by atoms with E-state index in [2.05, 4.69) is 34.6 Å². The van der Waals surface area contributed by atoms with Gasteiger partial charge in [0.15, 0.2) is 0 Å². The molecule has 5 saturated carbocycles. The summed E-state index contributed by atoms with van der Waals surface area (Å²) in [5, 5.41) is 33.1. The highest BCUT2D eigenvalue weighted by atomic mass is 16.5. The van der Waals surface area contributed by atoms with Crippen LogP contribution in [0, 0.1) is 64.6 Å². The minimum absolute atomic E-state index is 0.0315. The van der Waals surface area contributed by atoms with E-state index in [1.807, 2.05) is 41.5 Å². The van der Waals surface area contributed by atoms with Crippen molar-refractivity contribution in [3.8, 4) is 0 Å². The summed E-state index contributed by atoms with van der Waals surface area (Å²) >= 11 is 0. The van der Waals surface area contributed by atoms with Crippen LogP contribution in [0.2, 0.25) is 0 Å². The first-order chi connectivity index (χ1) is 16.7. The lowest BCUT2D eigenvalue weighted by Gasteiger charge is -2.56. The molecule has 5 aliphatic carbocycles. The lowest BCUT2D eigenvalue weighted by molar-refractivity contribution is -0.157. The molecule has 5 aliphatic rings. The van der Waals surface area contributed by atoms with Gasteiger partial charge in [0.25, 0.3) is 0 Å². The van der Waals surface area contributed by atoms with Gasteiger partial charge in [0.2, 0.25) is 0 Å². The fraction of sp³-hybridized carbons (Fsp3) is 1.00. The zero-order valence-corrected chi connectivity index (χ0v) is 26.0. The average Bonchev–Trinajstić information content (AvgIpc) is 3.31. The van der Waals surface area contributed by atoms with Crippen LogP contribution < -0.4 is 0 Å². The molecule has 0 radical (unpaired) electrons. The van der Waals surface area contributed by atoms with Crippen molar-refractivity contribution in [2.45, 2.75) is 137 Å². The highest BCUT2D eigenvalue weighted by molar-refractivity contribution is 5.13. The summed E-state index contributed by atoms with van der Waals surface area (Å²) < 4.78 is 6.95. The van der Waals surface area contributed by atoms with Crippen LogP contribution in [-0.4, -0.2) is 44.3 Å². The highest BCUT2D eigenvalue weighted by Crippen LogP contribution is 2.66. The lowest BCUT2D eigenvalue weighted by Crippen LogP contribution is -2.53. The first kappa shape index (κ1) is 29.8. The smallest absolute Gasteiger partial charge is 0.0661 e. The van der Waals surface area contributed by atoms with Gasteiger partial charge >= 0.3 is 0 Å². The van der Waals surface area contributed by atoms with E-state index >= 15 is 0 Å². The third kappa shape index (κ3) is 5.44. The standard InChI is InChI=1S/C33H60O4/c1-19-22-17-23(19)28(27(22)32(8,9)36)33(10,11)37-18-29(2,3)25-14-15-26(31(6,7)35)24-16-20(30(4,5)34)12-13-21(24)25/h19-28,34-36H,12-18H2,1-11H3. The Morgan fingerprint density at radius 2 is 1.16 bits per heavy atom. The molecule has 0 aromatic carbocycles. The van der Waals surface area contributed by atoms with E-state index in [-0.39, 0.29) is 16.9 Å². The number of aliphatic hydroxyl groups is 3. The Morgan fingerprint density at radius 3 is 1.68 bits per heavy atom. The van der Waals surface area contributed by atoms with E-state index in [9.17, 15) is 15.3 Å². The monoisotopic (exact) mass is 520 g/mol. The summed E-state index contributed by atoms with van der Waals surface area (Å²) in [6, 6.07) is 0. The minimum Gasteiger partial charge on any atom is -0.390 e. The van der Waals surface area contributed by atoms with Gasteiger partial charge in [-0.1, -0.05) is 20.8 Å². The van der Waals surface area contributed by atoms with Crippen LogP contribution in [0.1, 0.15) is 115 Å². The molecule has 0 saturated heterocycles. The second kappa shape index (κ2) is 9.45. The van der Waals surface area contributed by atoms with Crippen molar-refractivity contribution in [1.29, 1.82) is 0 Å². The third-order valence-electron chi connectivity index (χ3n) is 12.3. The molecule has 0 spiro atoms. The molecule has 10 atom stereocenters. The maximum atomic E-state index is 11.1. The summed E-state index contributed by atoms with van der Waals surface area (Å²) in [4.78, 5) is 0. The summed E-state index contributed by atoms with van der Waals surface area (Å²) in [6.07, 6.45) is 6.64. The Labute approximate surface area is 228 Å². The van der Waals surface area contributed by atoms with Gasteiger partial charge in [0.05, 0.1) is 29.0 Å².